The number of hydrogen-bond donors (Lipinski definition) is 0. The van der Waals surface area contributed by atoms with E-state index >= 15 is 0 Å². The van der Waals surface area contributed by atoms with Gasteiger partial charge in [0.25, 0.3) is 0 Å². The van der Waals surface area contributed by atoms with Gasteiger partial charge in [-0.1, -0.05) is 59.8 Å². The standard InChI is InChI=1S/C23H23N5OS/c1-17-9-11-19(12-10-17)28-22(27-13-5-6-14-27)25-26-23(28)30-16-21-24-15-20(29-21)18-7-3-2-4-8-18/h2-4,7-12,15H,5-6,13-14,16H2,1H3. The third-order valence-electron chi connectivity index (χ3n) is 5.23. The Morgan fingerprint density at radius 3 is 2.50 bits per heavy atom. The third kappa shape index (κ3) is 3.85. The number of nitrogens with zero attached hydrogens (tertiary/aromatic N) is 5. The number of anilines is 1. The smallest absolute Gasteiger partial charge is 0.232 e. The van der Waals surface area contributed by atoms with Crippen LogP contribution in [0.5, 0.6) is 0 Å². The summed E-state index contributed by atoms with van der Waals surface area (Å²) in [4.78, 5) is 6.77. The predicted octanol–water partition coefficient (Wildman–Crippen LogP) is 5.12. The molecular formula is C23H23N5OS. The summed E-state index contributed by atoms with van der Waals surface area (Å²) in [5, 5.41) is 9.88. The van der Waals surface area contributed by atoms with Crippen molar-refractivity contribution >= 4 is 17.7 Å². The molecule has 0 radical (unpaired) electrons. The average molecular weight is 418 g/mol. The van der Waals surface area contributed by atoms with E-state index in [0.717, 1.165) is 41.2 Å². The molecule has 0 unspecified atom stereocenters. The molecule has 1 saturated heterocycles. The highest BCUT2D eigenvalue weighted by molar-refractivity contribution is 7.98. The van der Waals surface area contributed by atoms with Crippen molar-refractivity contribution in [1.82, 2.24) is 19.7 Å². The van der Waals surface area contributed by atoms with Crippen molar-refractivity contribution in [2.45, 2.75) is 30.7 Å². The second kappa shape index (κ2) is 8.36. The van der Waals surface area contributed by atoms with Crippen molar-refractivity contribution in [3.8, 4) is 17.0 Å². The fraction of sp³-hybridized carbons (Fsp3) is 0.261. The average Bonchev–Trinajstić information content (AvgIpc) is 3.53. The fourth-order valence-electron chi connectivity index (χ4n) is 3.64. The Bertz CT molecular complexity index is 1110. The zero-order valence-electron chi connectivity index (χ0n) is 16.9. The SMILES string of the molecule is Cc1ccc(-n2c(SCc3ncc(-c4ccccc4)o3)nnc2N2CCCC2)cc1. The molecule has 0 aliphatic carbocycles. The van der Waals surface area contributed by atoms with E-state index in [9.17, 15) is 0 Å². The summed E-state index contributed by atoms with van der Waals surface area (Å²) < 4.78 is 8.11. The molecule has 0 spiro atoms. The van der Waals surface area contributed by atoms with Crippen LogP contribution < -0.4 is 4.90 Å². The van der Waals surface area contributed by atoms with Crippen LogP contribution in [0.25, 0.3) is 17.0 Å². The van der Waals surface area contributed by atoms with Crippen LogP contribution in [0.1, 0.15) is 24.3 Å². The highest BCUT2D eigenvalue weighted by Gasteiger charge is 2.22. The molecule has 0 bridgehead atoms. The van der Waals surface area contributed by atoms with Crippen molar-refractivity contribution in [2.75, 3.05) is 18.0 Å². The first-order valence-corrected chi connectivity index (χ1v) is 11.2. The molecule has 2 aromatic heterocycles. The number of benzene rings is 2. The van der Waals surface area contributed by atoms with Gasteiger partial charge in [-0.15, -0.1) is 10.2 Å². The number of oxazole rings is 1. The molecule has 0 amide bonds. The van der Waals surface area contributed by atoms with Crippen LogP contribution in [0.15, 0.2) is 70.4 Å². The Labute approximate surface area is 180 Å². The molecule has 0 N–H and O–H groups in total. The molecule has 4 aromatic rings. The Balaban J connectivity index is 1.40. The molecule has 0 saturated carbocycles. The lowest BCUT2D eigenvalue weighted by Crippen LogP contribution is -2.22. The van der Waals surface area contributed by atoms with Gasteiger partial charge in [-0.25, -0.2) is 4.98 Å². The number of thioether (sulfide) groups is 1. The molecule has 7 heteroatoms. The zero-order chi connectivity index (χ0) is 20.3. The first-order chi connectivity index (χ1) is 14.8. The van der Waals surface area contributed by atoms with E-state index in [4.69, 9.17) is 4.42 Å². The molecule has 1 aliphatic heterocycles. The van der Waals surface area contributed by atoms with Gasteiger partial charge < -0.3 is 9.32 Å². The highest BCUT2D eigenvalue weighted by atomic mass is 32.2. The molecule has 5 rings (SSSR count). The molecule has 3 heterocycles. The second-order valence-electron chi connectivity index (χ2n) is 7.42. The molecule has 0 atom stereocenters. The summed E-state index contributed by atoms with van der Waals surface area (Å²) in [6.45, 7) is 4.14. The summed E-state index contributed by atoms with van der Waals surface area (Å²) in [7, 11) is 0. The largest absolute Gasteiger partial charge is 0.440 e. The van der Waals surface area contributed by atoms with Crippen LogP contribution in [0.4, 0.5) is 5.95 Å². The van der Waals surface area contributed by atoms with E-state index in [1.807, 2.05) is 30.3 Å². The predicted molar refractivity (Wildman–Crippen MR) is 119 cm³/mol. The quantitative estimate of drug-likeness (QED) is 0.406. The summed E-state index contributed by atoms with van der Waals surface area (Å²) in [5.74, 6) is 2.97. The van der Waals surface area contributed by atoms with Crippen LogP contribution in [0, 0.1) is 6.92 Å². The van der Waals surface area contributed by atoms with E-state index in [-0.39, 0.29) is 0 Å². The fourth-order valence-corrected chi connectivity index (χ4v) is 4.44. The highest BCUT2D eigenvalue weighted by Crippen LogP contribution is 2.31. The third-order valence-corrected chi connectivity index (χ3v) is 6.15. The maximum Gasteiger partial charge on any atom is 0.232 e. The van der Waals surface area contributed by atoms with Crippen molar-refractivity contribution in [3.05, 3.63) is 72.2 Å². The minimum Gasteiger partial charge on any atom is -0.440 e. The normalized spacial score (nSPS) is 13.8. The van der Waals surface area contributed by atoms with Crippen molar-refractivity contribution in [1.29, 1.82) is 0 Å². The van der Waals surface area contributed by atoms with Gasteiger partial charge in [0.05, 0.1) is 17.6 Å². The van der Waals surface area contributed by atoms with Crippen LogP contribution in [0.2, 0.25) is 0 Å². The Hall–Kier alpha value is -3.06. The van der Waals surface area contributed by atoms with Crippen molar-refractivity contribution in [3.63, 3.8) is 0 Å². The summed E-state index contributed by atoms with van der Waals surface area (Å²) in [6.07, 6.45) is 4.18. The first kappa shape index (κ1) is 18.9. The van der Waals surface area contributed by atoms with E-state index < -0.39 is 0 Å². The Morgan fingerprint density at radius 2 is 1.73 bits per heavy atom. The summed E-state index contributed by atoms with van der Waals surface area (Å²) in [6, 6.07) is 18.5. The van der Waals surface area contributed by atoms with Crippen LogP contribution >= 0.6 is 11.8 Å². The molecule has 1 fully saturated rings. The Morgan fingerprint density at radius 1 is 0.967 bits per heavy atom. The van der Waals surface area contributed by atoms with Gasteiger partial charge in [0.1, 0.15) is 0 Å². The van der Waals surface area contributed by atoms with Crippen LogP contribution in [0.3, 0.4) is 0 Å². The lowest BCUT2D eigenvalue weighted by Gasteiger charge is -2.18. The van der Waals surface area contributed by atoms with Crippen LogP contribution in [-0.4, -0.2) is 32.8 Å². The minimum atomic E-state index is 0.594. The van der Waals surface area contributed by atoms with E-state index in [2.05, 4.69) is 55.8 Å². The van der Waals surface area contributed by atoms with Gasteiger partial charge in [0.15, 0.2) is 10.9 Å². The maximum atomic E-state index is 5.96. The van der Waals surface area contributed by atoms with E-state index in [0.29, 0.717) is 11.6 Å². The maximum absolute atomic E-state index is 5.96. The minimum absolute atomic E-state index is 0.594. The molecule has 1 aliphatic rings. The van der Waals surface area contributed by atoms with Crippen LogP contribution in [-0.2, 0) is 5.75 Å². The topological polar surface area (TPSA) is 60.0 Å². The van der Waals surface area contributed by atoms with Gasteiger partial charge in [-0.3, -0.25) is 4.57 Å². The van der Waals surface area contributed by atoms with Gasteiger partial charge >= 0.3 is 0 Å². The molecule has 152 valence electrons. The van der Waals surface area contributed by atoms with E-state index in [1.54, 1.807) is 18.0 Å². The lowest BCUT2D eigenvalue weighted by atomic mass is 10.2. The number of aryl methyl sites for hydroxylation is 1. The number of hydrogen-bond acceptors (Lipinski definition) is 6. The number of aromatic nitrogens is 4. The molecule has 6 nitrogen and oxygen atoms in total. The molecular weight excluding hydrogens is 394 g/mol. The van der Waals surface area contributed by atoms with E-state index in [1.165, 1.54) is 18.4 Å². The van der Waals surface area contributed by atoms with Crippen molar-refractivity contribution < 1.29 is 4.42 Å². The van der Waals surface area contributed by atoms with Gasteiger partial charge in [-0.05, 0) is 31.9 Å². The molecule has 30 heavy (non-hydrogen) atoms. The lowest BCUT2D eigenvalue weighted by molar-refractivity contribution is 0.529. The van der Waals surface area contributed by atoms with Gasteiger partial charge in [0.2, 0.25) is 11.8 Å². The van der Waals surface area contributed by atoms with Gasteiger partial charge in [0, 0.05) is 18.7 Å². The molecule has 2 aromatic carbocycles. The zero-order valence-corrected chi connectivity index (χ0v) is 17.7. The first-order valence-electron chi connectivity index (χ1n) is 10.2. The summed E-state index contributed by atoms with van der Waals surface area (Å²) in [5.41, 5.74) is 3.34. The Kier molecular flexibility index (Phi) is 5.27. The van der Waals surface area contributed by atoms with Crippen molar-refractivity contribution in [2.24, 2.45) is 0 Å². The monoisotopic (exact) mass is 417 g/mol. The second-order valence-corrected chi connectivity index (χ2v) is 8.36. The summed E-state index contributed by atoms with van der Waals surface area (Å²) >= 11 is 1.59. The number of rotatable bonds is 6. The van der Waals surface area contributed by atoms with Gasteiger partial charge in [-0.2, -0.15) is 0 Å².